The molecule has 2 N–H and O–H groups in total. The smallest absolute Gasteiger partial charge is 0.254 e. The van der Waals surface area contributed by atoms with Crippen LogP contribution in [0.15, 0.2) is 41.2 Å². The molecule has 1 aliphatic rings. The number of benzene rings is 1. The van der Waals surface area contributed by atoms with Crippen LogP contribution in [0.5, 0.6) is 0 Å². The predicted octanol–water partition coefficient (Wildman–Crippen LogP) is 2.93. The van der Waals surface area contributed by atoms with Crippen molar-refractivity contribution in [3.8, 4) is 0 Å². The fourth-order valence-electron chi connectivity index (χ4n) is 3.56. The Morgan fingerprint density at radius 3 is 2.84 bits per heavy atom. The predicted molar refractivity (Wildman–Crippen MR) is 95.5 cm³/mol. The SMILES string of the molecule is Cc1cc(C(=O)N2CCCC[C@@H]2c2nc3ccccc3[nH]2)cc(=O)[nH]1. The first-order valence-electron chi connectivity index (χ1n) is 8.58. The van der Waals surface area contributed by atoms with Crippen molar-refractivity contribution in [2.24, 2.45) is 0 Å². The zero-order valence-corrected chi connectivity index (χ0v) is 14.1. The number of aryl methyl sites for hydroxylation is 1. The molecule has 6 heteroatoms. The van der Waals surface area contributed by atoms with E-state index in [1.54, 1.807) is 13.0 Å². The standard InChI is InChI=1S/C19H20N4O2/c1-12-10-13(11-17(24)20-12)19(25)23-9-5-4-8-16(23)18-21-14-6-2-3-7-15(14)22-18/h2-3,6-7,10-11,16H,4-5,8-9H2,1H3,(H,20,24)(H,21,22)/t16-/m1/s1. The first-order chi connectivity index (χ1) is 12.1. The molecule has 1 fully saturated rings. The maximum atomic E-state index is 13.0. The summed E-state index contributed by atoms with van der Waals surface area (Å²) >= 11 is 0. The molecule has 1 atom stereocenters. The maximum Gasteiger partial charge on any atom is 0.254 e. The Kier molecular flexibility index (Phi) is 3.87. The third-order valence-corrected chi connectivity index (χ3v) is 4.71. The highest BCUT2D eigenvalue weighted by Gasteiger charge is 2.31. The van der Waals surface area contributed by atoms with Crippen LogP contribution in [-0.4, -0.2) is 32.3 Å². The van der Waals surface area contributed by atoms with E-state index in [9.17, 15) is 9.59 Å². The summed E-state index contributed by atoms with van der Waals surface area (Å²) in [5.41, 5.74) is 2.75. The molecule has 3 heterocycles. The number of piperidine rings is 1. The Bertz CT molecular complexity index is 955. The normalized spacial score (nSPS) is 17.8. The Labute approximate surface area is 144 Å². The molecule has 0 unspecified atom stereocenters. The van der Waals surface area contributed by atoms with Gasteiger partial charge in [-0.3, -0.25) is 9.59 Å². The fraction of sp³-hybridized carbons (Fsp3) is 0.316. The van der Waals surface area contributed by atoms with E-state index < -0.39 is 0 Å². The van der Waals surface area contributed by atoms with Crippen LogP contribution in [0.3, 0.4) is 0 Å². The van der Waals surface area contributed by atoms with Crippen molar-refractivity contribution in [1.82, 2.24) is 19.9 Å². The number of pyridine rings is 1. The molecule has 1 saturated heterocycles. The minimum absolute atomic E-state index is 0.0896. The van der Waals surface area contributed by atoms with Gasteiger partial charge in [-0.2, -0.15) is 0 Å². The molecule has 1 aliphatic heterocycles. The van der Waals surface area contributed by atoms with Crippen LogP contribution in [0.25, 0.3) is 11.0 Å². The number of nitrogens with zero attached hydrogens (tertiary/aromatic N) is 2. The Hall–Kier alpha value is -2.89. The molecule has 3 aromatic rings. The van der Waals surface area contributed by atoms with Gasteiger partial charge in [0.2, 0.25) is 5.56 Å². The van der Waals surface area contributed by atoms with E-state index >= 15 is 0 Å². The highest BCUT2D eigenvalue weighted by atomic mass is 16.2. The van der Waals surface area contributed by atoms with Gasteiger partial charge in [-0.05, 0) is 44.4 Å². The van der Waals surface area contributed by atoms with Gasteiger partial charge in [0.1, 0.15) is 5.82 Å². The van der Waals surface area contributed by atoms with E-state index in [4.69, 9.17) is 0 Å². The van der Waals surface area contributed by atoms with E-state index in [1.807, 2.05) is 29.2 Å². The van der Waals surface area contributed by atoms with Gasteiger partial charge in [0, 0.05) is 23.9 Å². The van der Waals surface area contributed by atoms with Crippen LogP contribution in [-0.2, 0) is 0 Å². The van der Waals surface area contributed by atoms with E-state index in [0.717, 1.165) is 36.1 Å². The summed E-state index contributed by atoms with van der Waals surface area (Å²) < 4.78 is 0. The summed E-state index contributed by atoms with van der Waals surface area (Å²) in [5.74, 6) is 0.704. The third-order valence-electron chi connectivity index (χ3n) is 4.71. The summed E-state index contributed by atoms with van der Waals surface area (Å²) in [6.07, 6.45) is 2.89. The van der Waals surface area contributed by atoms with Crippen molar-refractivity contribution in [3.05, 3.63) is 63.8 Å². The Morgan fingerprint density at radius 2 is 2.04 bits per heavy atom. The molecule has 2 aromatic heterocycles. The number of amides is 1. The summed E-state index contributed by atoms with van der Waals surface area (Å²) in [6, 6.07) is 10.9. The Morgan fingerprint density at radius 1 is 1.20 bits per heavy atom. The summed E-state index contributed by atoms with van der Waals surface area (Å²) in [6.45, 7) is 2.46. The molecule has 0 saturated carbocycles. The second-order valence-electron chi connectivity index (χ2n) is 6.57. The first kappa shape index (κ1) is 15.6. The average molecular weight is 336 g/mol. The highest BCUT2D eigenvalue weighted by molar-refractivity contribution is 5.94. The van der Waals surface area contributed by atoms with Gasteiger partial charge >= 0.3 is 0 Å². The summed E-state index contributed by atoms with van der Waals surface area (Å²) in [7, 11) is 0. The van der Waals surface area contributed by atoms with E-state index in [1.165, 1.54) is 6.07 Å². The fourth-order valence-corrected chi connectivity index (χ4v) is 3.56. The zero-order valence-electron chi connectivity index (χ0n) is 14.1. The number of nitrogens with one attached hydrogen (secondary N) is 2. The molecule has 0 radical (unpaired) electrons. The molecule has 0 bridgehead atoms. The Balaban J connectivity index is 1.71. The number of aromatic nitrogens is 3. The number of aromatic amines is 2. The van der Waals surface area contributed by atoms with E-state index in [2.05, 4.69) is 15.0 Å². The molecule has 4 rings (SSSR count). The van der Waals surface area contributed by atoms with Crippen LogP contribution in [0.1, 0.15) is 47.2 Å². The molecular formula is C19H20N4O2. The number of carbonyl (C=O) groups is 1. The van der Waals surface area contributed by atoms with Gasteiger partial charge in [0.05, 0.1) is 17.1 Å². The highest BCUT2D eigenvalue weighted by Crippen LogP contribution is 2.31. The molecule has 1 aromatic carbocycles. The second kappa shape index (κ2) is 6.20. The van der Waals surface area contributed by atoms with Gasteiger partial charge in [0.25, 0.3) is 5.91 Å². The summed E-state index contributed by atoms with van der Waals surface area (Å²) in [5, 5.41) is 0. The molecule has 0 spiro atoms. The number of carbonyl (C=O) groups excluding carboxylic acids is 1. The molecule has 25 heavy (non-hydrogen) atoms. The summed E-state index contributed by atoms with van der Waals surface area (Å²) in [4.78, 5) is 37.3. The van der Waals surface area contributed by atoms with Gasteiger partial charge < -0.3 is 14.9 Å². The lowest BCUT2D eigenvalue weighted by Crippen LogP contribution is -2.39. The lowest BCUT2D eigenvalue weighted by Gasteiger charge is -2.34. The lowest BCUT2D eigenvalue weighted by molar-refractivity contribution is 0.0601. The van der Waals surface area contributed by atoms with Gasteiger partial charge in [-0.25, -0.2) is 4.98 Å². The van der Waals surface area contributed by atoms with Gasteiger partial charge in [0.15, 0.2) is 0 Å². The van der Waals surface area contributed by atoms with Crippen molar-refractivity contribution in [1.29, 1.82) is 0 Å². The number of fused-ring (bicyclic) bond motifs is 1. The van der Waals surface area contributed by atoms with Crippen molar-refractivity contribution in [3.63, 3.8) is 0 Å². The van der Waals surface area contributed by atoms with Crippen LogP contribution >= 0.6 is 0 Å². The minimum Gasteiger partial charge on any atom is -0.340 e. The molecule has 0 aliphatic carbocycles. The first-order valence-corrected chi connectivity index (χ1v) is 8.58. The number of para-hydroxylation sites is 2. The van der Waals surface area contributed by atoms with Crippen LogP contribution in [0.2, 0.25) is 0 Å². The van der Waals surface area contributed by atoms with Crippen LogP contribution in [0, 0.1) is 6.92 Å². The second-order valence-corrected chi connectivity index (χ2v) is 6.57. The quantitative estimate of drug-likeness (QED) is 0.755. The maximum absolute atomic E-state index is 13.0. The van der Waals surface area contributed by atoms with Crippen LogP contribution in [0.4, 0.5) is 0 Å². The largest absolute Gasteiger partial charge is 0.340 e. The third kappa shape index (κ3) is 2.95. The molecule has 6 nitrogen and oxygen atoms in total. The van der Waals surface area contributed by atoms with Crippen molar-refractivity contribution in [2.75, 3.05) is 6.54 Å². The number of rotatable bonds is 2. The number of likely N-dealkylation sites (tertiary alicyclic amines) is 1. The topological polar surface area (TPSA) is 81.8 Å². The van der Waals surface area contributed by atoms with E-state index in [0.29, 0.717) is 17.8 Å². The van der Waals surface area contributed by atoms with Gasteiger partial charge in [-0.1, -0.05) is 12.1 Å². The van der Waals surface area contributed by atoms with Crippen molar-refractivity contribution >= 4 is 16.9 Å². The molecule has 1 amide bonds. The van der Waals surface area contributed by atoms with Crippen LogP contribution < -0.4 is 5.56 Å². The molecular weight excluding hydrogens is 316 g/mol. The van der Waals surface area contributed by atoms with Crippen molar-refractivity contribution < 1.29 is 4.79 Å². The number of H-pyrrole nitrogens is 2. The average Bonchev–Trinajstić information content (AvgIpc) is 3.04. The number of hydrogen-bond donors (Lipinski definition) is 2. The monoisotopic (exact) mass is 336 g/mol. The number of imidazole rings is 1. The number of hydrogen-bond acceptors (Lipinski definition) is 3. The van der Waals surface area contributed by atoms with Gasteiger partial charge in [-0.15, -0.1) is 0 Å². The van der Waals surface area contributed by atoms with E-state index in [-0.39, 0.29) is 17.5 Å². The zero-order chi connectivity index (χ0) is 17.4. The lowest BCUT2D eigenvalue weighted by atomic mass is 10.00. The van der Waals surface area contributed by atoms with Crippen molar-refractivity contribution in [2.45, 2.75) is 32.2 Å². The molecule has 128 valence electrons. The minimum atomic E-state index is -0.249.